The number of imide groups is 2. The second-order valence-electron chi connectivity index (χ2n) is 4.37. The minimum Gasteiger partial charge on any atom is -0.406 e. The normalized spacial score (nSPS) is 16.5. The fourth-order valence-electron chi connectivity index (χ4n) is 1.80. The minimum atomic E-state index is -4.91. The van der Waals surface area contributed by atoms with Gasteiger partial charge in [0.25, 0.3) is 0 Å². The molecule has 0 bridgehead atoms. The van der Waals surface area contributed by atoms with E-state index in [0.717, 1.165) is 17.0 Å². The Kier molecular flexibility index (Phi) is 3.93. The molecule has 0 aliphatic carbocycles. The molecule has 0 spiro atoms. The maximum Gasteiger partial charge on any atom is 0.573 e. The Labute approximate surface area is 122 Å². The third kappa shape index (κ3) is 3.45. The molecule has 1 aromatic carbocycles. The minimum absolute atomic E-state index is 0.161. The highest BCUT2D eigenvalue weighted by atomic mass is 19.4. The van der Waals surface area contributed by atoms with Crippen LogP contribution < -0.4 is 15.0 Å². The largest absolute Gasteiger partial charge is 0.573 e. The monoisotopic (exact) mass is 317 g/mol. The lowest BCUT2D eigenvalue weighted by molar-refractivity contribution is -0.274. The summed E-state index contributed by atoms with van der Waals surface area (Å²) in [5, 5.41) is 1.94. The van der Waals surface area contributed by atoms with E-state index in [4.69, 9.17) is 0 Å². The molecule has 1 saturated heterocycles. The number of alkyl halides is 3. The first-order valence-corrected chi connectivity index (χ1v) is 5.92. The van der Waals surface area contributed by atoms with Crippen molar-refractivity contribution in [3.63, 3.8) is 0 Å². The molecule has 0 aromatic heterocycles. The van der Waals surface area contributed by atoms with Gasteiger partial charge in [-0.25, -0.2) is 14.5 Å². The van der Waals surface area contributed by atoms with Gasteiger partial charge >= 0.3 is 18.4 Å². The van der Waals surface area contributed by atoms with Crippen LogP contribution in [-0.2, 0) is 4.79 Å². The zero-order valence-electron chi connectivity index (χ0n) is 11.2. The Hall–Kier alpha value is -2.78. The number of nitrogens with zero attached hydrogens (tertiary/aromatic N) is 2. The first-order chi connectivity index (χ1) is 10.2. The quantitative estimate of drug-likeness (QED) is 0.900. The van der Waals surface area contributed by atoms with Crippen molar-refractivity contribution in [1.82, 2.24) is 10.2 Å². The number of rotatable bonds is 2. The standard InChI is InChI=1S/C12H10F3N3O4/c1-17-6-9(19)16-10(20)18(11(17)21)7-3-2-4-8(5-7)22-12(13,14)15/h2-5H,6H2,1H3,(H,16,19,20). The van der Waals surface area contributed by atoms with Crippen molar-refractivity contribution >= 4 is 23.7 Å². The van der Waals surface area contributed by atoms with Gasteiger partial charge in [0.05, 0.1) is 5.69 Å². The van der Waals surface area contributed by atoms with E-state index in [9.17, 15) is 27.6 Å². The van der Waals surface area contributed by atoms with Crippen LogP contribution in [0.1, 0.15) is 0 Å². The fraction of sp³-hybridized carbons (Fsp3) is 0.250. The van der Waals surface area contributed by atoms with Gasteiger partial charge in [-0.2, -0.15) is 0 Å². The Morgan fingerprint density at radius 2 is 1.91 bits per heavy atom. The van der Waals surface area contributed by atoms with Crippen LogP contribution in [0.4, 0.5) is 28.4 Å². The summed E-state index contributed by atoms with van der Waals surface area (Å²) < 4.78 is 40.4. The van der Waals surface area contributed by atoms with Crippen LogP contribution in [0.2, 0.25) is 0 Å². The molecule has 1 heterocycles. The van der Waals surface area contributed by atoms with Gasteiger partial charge in [-0.1, -0.05) is 6.07 Å². The molecule has 1 N–H and O–H groups in total. The van der Waals surface area contributed by atoms with Crippen molar-refractivity contribution in [1.29, 1.82) is 0 Å². The predicted octanol–water partition coefficient (Wildman–Crippen LogP) is 1.69. The molecule has 0 unspecified atom stereocenters. The first kappa shape index (κ1) is 15.6. The van der Waals surface area contributed by atoms with Crippen LogP contribution in [0.3, 0.4) is 0 Å². The van der Waals surface area contributed by atoms with Gasteiger partial charge in [-0.05, 0) is 12.1 Å². The Morgan fingerprint density at radius 3 is 2.55 bits per heavy atom. The number of anilines is 1. The highest BCUT2D eigenvalue weighted by Crippen LogP contribution is 2.27. The number of carbonyl (C=O) groups is 3. The molecule has 0 saturated carbocycles. The summed E-state index contributed by atoms with van der Waals surface area (Å²) in [5.41, 5.74) is -0.161. The highest BCUT2D eigenvalue weighted by Gasteiger charge is 2.34. The summed E-state index contributed by atoms with van der Waals surface area (Å²) in [5.74, 6) is -1.30. The Balaban J connectivity index is 2.36. The van der Waals surface area contributed by atoms with Crippen molar-refractivity contribution in [2.24, 2.45) is 0 Å². The van der Waals surface area contributed by atoms with Gasteiger partial charge in [-0.3, -0.25) is 10.1 Å². The van der Waals surface area contributed by atoms with Crippen molar-refractivity contribution in [3.8, 4) is 5.75 Å². The van der Waals surface area contributed by atoms with Gasteiger partial charge in [0.1, 0.15) is 12.3 Å². The third-order valence-corrected chi connectivity index (χ3v) is 2.66. The Bertz CT molecular complexity index is 632. The van der Waals surface area contributed by atoms with E-state index in [1.807, 2.05) is 5.32 Å². The van der Waals surface area contributed by atoms with E-state index < -0.39 is 30.1 Å². The molecule has 0 radical (unpaired) electrons. The van der Waals surface area contributed by atoms with Crippen LogP contribution in [0.25, 0.3) is 0 Å². The van der Waals surface area contributed by atoms with Crippen LogP contribution in [0.5, 0.6) is 5.75 Å². The van der Waals surface area contributed by atoms with Gasteiger partial charge in [0, 0.05) is 13.1 Å². The van der Waals surface area contributed by atoms with E-state index in [1.165, 1.54) is 19.2 Å². The molecular weight excluding hydrogens is 307 g/mol. The summed E-state index contributed by atoms with van der Waals surface area (Å²) in [7, 11) is 1.28. The van der Waals surface area contributed by atoms with Gasteiger partial charge in [0.15, 0.2) is 0 Å². The van der Waals surface area contributed by atoms with Gasteiger partial charge in [-0.15, -0.1) is 13.2 Å². The highest BCUT2D eigenvalue weighted by molar-refractivity contribution is 6.19. The third-order valence-electron chi connectivity index (χ3n) is 2.66. The first-order valence-electron chi connectivity index (χ1n) is 5.92. The van der Waals surface area contributed by atoms with Crippen molar-refractivity contribution < 1.29 is 32.3 Å². The summed E-state index contributed by atoms with van der Waals surface area (Å²) in [4.78, 5) is 36.8. The van der Waals surface area contributed by atoms with E-state index in [2.05, 4.69) is 4.74 Å². The lowest BCUT2D eigenvalue weighted by Crippen LogP contribution is -2.45. The maximum absolute atomic E-state index is 12.2. The zero-order chi connectivity index (χ0) is 16.5. The molecule has 2 rings (SSSR count). The maximum atomic E-state index is 12.2. The summed E-state index contributed by atoms with van der Waals surface area (Å²) >= 11 is 0. The number of likely N-dealkylation sites (N-methyl/N-ethyl adjacent to an activating group) is 1. The van der Waals surface area contributed by atoms with E-state index in [-0.39, 0.29) is 12.2 Å². The van der Waals surface area contributed by atoms with Crippen LogP contribution in [-0.4, -0.2) is 42.8 Å². The number of hydrogen-bond acceptors (Lipinski definition) is 4. The number of nitrogens with one attached hydrogen (secondary N) is 1. The van der Waals surface area contributed by atoms with Crippen molar-refractivity contribution in [2.45, 2.75) is 6.36 Å². The molecule has 5 amide bonds. The summed E-state index contributed by atoms with van der Waals surface area (Å²) in [6.45, 7) is -0.347. The van der Waals surface area contributed by atoms with Crippen LogP contribution >= 0.6 is 0 Å². The molecule has 1 aliphatic heterocycles. The van der Waals surface area contributed by atoms with Gasteiger partial charge in [0.2, 0.25) is 5.91 Å². The topological polar surface area (TPSA) is 79.0 Å². The molecule has 7 nitrogen and oxygen atoms in total. The van der Waals surface area contributed by atoms with E-state index in [1.54, 1.807) is 0 Å². The lowest BCUT2D eigenvalue weighted by atomic mass is 10.3. The molecule has 118 valence electrons. The summed E-state index contributed by atoms with van der Waals surface area (Å²) in [6.07, 6.45) is -4.91. The summed E-state index contributed by atoms with van der Waals surface area (Å²) in [6, 6.07) is 2.41. The number of hydrogen-bond donors (Lipinski definition) is 1. The molecule has 1 aliphatic rings. The average Bonchev–Trinajstić information content (AvgIpc) is 2.45. The molecule has 0 atom stereocenters. The van der Waals surface area contributed by atoms with Gasteiger partial charge < -0.3 is 9.64 Å². The number of carbonyl (C=O) groups excluding carboxylic acids is 3. The SMILES string of the molecule is CN1CC(=O)NC(=O)N(c2cccc(OC(F)(F)F)c2)C1=O. The molecule has 1 fully saturated rings. The second kappa shape index (κ2) is 5.54. The number of amides is 5. The van der Waals surface area contributed by atoms with Crippen LogP contribution in [0.15, 0.2) is 24.3 Å². The second-order valence-corrected chi connectivity index (χ2v) is 4.37. The number of halogens is 3. The fourth-order valence-corrected chi connectivity index (χ4v) is 1.80. The molecule has 10 heteroatoms. The molecular formula is C12H10F3N3O4. The lowest BCUT2D eigenvalue weighted by Gasteiger charge is -2.22. The number of benzene rings is 1. The molecule has 1 aromatic rings. The van der Waals surface area contributed by atoms with Crippen molar-refractivity contribution in [3.05, 3.63) is 24.3 Å². The molecule has 22 heavy (non-hydrogen) atoms. The average molecular weight is 317 g/mol. The number of ether oxygens (including phenoxy) is 1. The van der Waals surface area contributed by atoms with Crippen LogP contribution in [0, 0.1) is 0 Å². The van der Waals surface area contributed by atoms with E-state index in [0.29, 0.717) is 4.90 Å². The predicted molar refractivity (Wildman–Crippen MR) is 67.2 cm³/mol. The van der Waals surface area contributed by atoms with Crippen molar-refractivity contribution in [2.75, 3.05) is 18.5 Å². The number of urea groups is 2. The Morgan fingerprint density at radius 1 is 1.23 bits per heavy atom. The zero-order valence-corrected chi connectivity index (χ0v) is 11.2. The van der Waals surface area contributed by atoms with E-state index >= 15 is 0 Å². The smallest absolute Gasteiger partial charge is 0.406 e.